The van der Waals surface area contributed by atoms with E-state index in [1.165, 1.54) is 23.5 Å². The van der Waals surface area contributed by atoms with Gasteiger partial charge in [-0.2, -0.15) is 0 Å². The normalized spacial score (nSPS) is 16.3. The van der Waals surface area contributed by atoms with E-state index in [9.17, 15) is 14.3 Å². The Morgan fingerprint density at radius 2 is 2.15 bits per heavy atom. The molecule has 0 saturated carbocycles. The molecule has 0 aliphatic carbocycles. The third-order valence-electron chi connectivity index (χ3n) is 4.78. The number of carbonyl (C=O) groups is 1. The lowest BCUT2D eigenvalue weighted by molar-refractivity contribution is -0.0241. The number of aliphatic hydroxyl groups is 1. The van der Waals surface area contributed by atoms with Crippen molar-refractivity contribution in [3.63, 3.8) is 0 Å². The Morgan fingerprint density at radius 1 is 1.44 bits per heavy atom. The number of terminal acetylenes is 1. The summed E-state index contributed by atoms with van der Waals surface area (Å²) >= 11 is 1.49. The van der Waals surface area contributed by atoms with Crippen molar-refractivity contribution in [1.82, 2.24) is 14.8 Å². The van der Waals surface area contributed by atoms with Crippen LogP contribution < -0.4 is 0 Å². The second-order valence-electron chi connectivity index (χ2n) is 6.81. The molecule has 2 heterocycles. The fourth-order valence-electron chi connectivity index (χ4n) is 3.18. The van der Waals surface area contributed by atoms with Crippen LogP contribution >= 0.6 is 11.3 Å². The Hall–Kier alpha value is -2.27. The van der Waals surface area contributed by atoms with Gasteiger partial charge < -0.3 is 10.0 Å². The lowest BCUT2D eigenvalue weighted by atomic mass is 9.88. The van der Waals surface area contributed by atoms with E-state index < -0.39 is 11.4 Å². The second-order valence-corrected chi connectivity index (χ2v) is 7.75. The molecule has 1 aromatic carbocycles. The van der Waals surface area contributed by atoms with Gasteiger partial charge in [0, 0.05) is 18.5 Å². The highest BCUT2D eigenvalue weighted by atomic mass is 32.1. The fourth-order valence-corrected chi connectivity index (χ4v) is 4.15. The van der Waals surface area contributed by atoms with Gasteiger partial charge in [-0.25, -0.2) is 9.37 Å². The number of nitrogens with zero attached hydrogens (tertiary/aromatic N) is 3. The van der Waals surface area contributed by atoms with Crippen molar-refractivity contribution in [3.05, 3.63) is 51.7 Å². The molecule has 0 radical (unpaired) electrons. The van der Waals surface area contributed by atoms with Crippen LogP contribution in [-0.2, 0) is 12.1 Å². The molecule has 0 bridgehead atoms. The van der Waals surface area contributed by atoms with Crippen LogP contribution in [0.25, 0.3) is 0 Å². The van der Waals surface area contributed by atoms with Gasteiger partial charge >= 0.3 is 0 Å². The summed E-state index contributed by atoms with van der Waals surface area (Å²) in [7, 11) is 1.92. The summed E-state index contributed by atoms with van der Waals surface area (Å²) in [5.74, 6) is 1.72. The van der Waals surface area contributed by atoms with Crippen LogP contribution in [0.4, 0.5) is 4.39 Å². The topological polar surface area (TPSA) is 56.7 Å². The van der Waals surface area contributed by atoms with Gasteiger partial charge in [-0.15, -0.1) is 17.8 Å². The molecule has 1 fully saturated rings. The van der Waals surface area contributed by atoms with Gasteiger partial charge in [0.15, 0.2) is 0 Å². The first-order chi connectivity index (χ1) is 12.9. The van der Waals surface area contributed by atoms with E-state index in [0.717, 1.165) is 5.01 Å². The zero-order valence-corrected chi connectivity index (χ0v) is 16.0. The SMILES string of the molecule is C#CCN(C)Cc1nc(C2(O)CCN(C(=O)c3ccccc3F)CC2)cs1. The summed E-state index contributed by atoms with van der Waals surface area (Å²) in [6.45, 7) is 1.87. The van der Waals surface area contributed by atoms with E-state index in [-0.39, 0.29) is 11.5 Å². The Kier molecular flexibility index (Phi) is 5.90. The maximum Gasteiger partial charge on any atom is 0.256 e. The number of halogens is 1. The van der Waals surface area contributed by atoms with E-state index in [0.29, 0.717) is 44.7 Å². The minimum atomic E-state index is -1.06. The molecule has 0 spiro atoms. The first kappa shape index (κ1) is 19.5. The molecular formula is C20H22FN3O2S. The number of likely N-dealkylation sites (tertiary alicyclic amines) is 1. The van der Waals surface area contributed by atoms with E-state index in [1.807, 2.05) is 17.3 Å². The first-order valence-corrected chi connectivity index (χ1v) is 9.64. The lowest BCUT2D eigenvalue weighted by Crippen LogP contribution is -2.45. The van der Waals surface area contributed by atoms with Gasteiger partial charge in [-0.3, -0.25) is 9.69 Å². The molecule has 1 N–H and O–H groups in total. The van der Waals surface area contributed by atoms with Crippen LogP contribution in [0.1, 0.15) is 33.9 Å². The molecule has 2 aromatic rings. The molecule has 1 aliphatic rings. The molecular weight excluding hydrogens is 365 g/mol. The number of hydrogen-bond donors (Lipinski definition) is 1. The third-order valence-corrected chi connectivity index (χ3v) is 5.61. The van der Waals surface area contributed by atoms with Crippen molar-refractivity contribution < 1.29 is 14.3 Å². The van der Waals surface area contributed by atoms with Gasteiger partial charge in [0.25, 0.3) is 5.91 Å². The van der Waals surface area contributed by atoms with Crippen LogP contribution in [0.5, 0.6) is 0 Å². The predicted molar refractivity (Wildman–Crippen MR) is 103 cm³/mol. The molecule has 3 rings (SSSR count). The molecule has 0 atom stereocenters. The van der Waals surface area contributed by atoms with Gasteiger partial charge in [0.1, 0.15) is 16.4 Å². The summed E-state index contributed by atoms with van der Waals surface area (Å²) < 4.78 is 13.9. The van der Waals surface area contributed by atoms with Crippen molar-refractivity contribution in [1.29, 1.82) is 0 Å². The second kappa shape index (κ2) is 8.17. The minimum Gasteiger partial charge on any atom is -0.383 e. The smallest absolute Gasteiger partial charge is 0.256 e. The van der Waals surface area contributed by atoms with Crippen molar-refractivity contribution in [2.75, 3.05) is 26.7 Å². The van der Waals surface area contributed by atoms with E-state index in [4.69, 9.17) is 6.42 Å². The number of thiazole rings is 1. The Labute approximate surface area is 162 Å². The number of benzene rings is 1. The zero-order valence-electron chi connectivity index (χ0n) is 15.2. The lowest BCUT2D eigenvalue weighted by Gasteiger charge is -2.37. The molecule has 1 amide bonds. The summed E-state index contributed by atoms with van der Waals surface area (Å²) in [6.07, 6.45) is 6.05. The van der Waals surface area contributed by atoms with Crippen molar-refractivity contribution in [2.45, 2.75) is 25.0 Å². The molecule has 27 heavy (non-hydrogen) atoms. The third kappa shape index (κ3) is 4.35. The van der Waals surface area contributed by atoms with Crippen molar-refractivity contribution in [3.8, 4) is 12.3 Å². The predicted octanol–water partition coefficient (Wildman–Crippen LogP) is 2.47. The molecule has 1 saturated heterocycles. The van der Waals surface area contributed by atoms with Gasteiger partial charge in [-0.05, 0) is 32.0 Å². The highest BCUT2D eigenvalue weighted by Gasteiger charge is 2.37. The average Bonchev–Trinajstić information content (AvgIpc) is 3.12. The number of rotatable bonds is 5. The maximum atomic E-state index is 13.9. The minimum absolute atomic E-state index is 0.0652. The van der Waals surface area contributed by atoms with Crippen molar-refractivity contribution in [2.24, 2.45) is 0 Å². The van der Waals surface area contributed by atoms with Gasteiger partial charge in [0.05, 0.1) is 24.3 Å². The monoisotopic (exact) mass is 387 g/mol. The first-order valence-electron chi connectivity index (χ1n) is 8.76. The summed E-state index contributed by atoms with van der Waals surface area (Å²) in [6, 6.07) is 5.96. The van der Waals surface area contributed by atoms with Crippen LogP contribution in [-0.4, -0.2) is 52.5 Å². The Bertz CT molecular complexity index is 853. The Balaban J connectivity index is 1.64. The molecule has 142 valence electrons. The van der Waals surface area contributed by atoms with E-state index in [2.05, 4.69) is 10.9 Å². The molecule has 1 aliphatic heterocycles. The van der Waals surface area contributed by atoms with E-state index >= 15 is 0 Å². The molecule has 1 aromatic heterocycles. The standard InChI is InChI=1S/C20H22FN3O2S/c1-3-10-23(2)13-18-22-17(14-27-18)20(26)8-11-24(12-9-20)19(25)15-6-4-5-7-16(15)21/h1,4-7,14,26H,8-13H2,2H3. The molecule has 5 nitrogen and oxygen atoms in total. The van der Waals surface area contributed by atoms with Crippen LogP contribution in [0.15, 0.2) is 29.6 Å². The zero-order chi connectivity index (χ0) is 19.4. The van der Waals surface area contributed by atoms with Crippen LogP contribution in [0.2, 0.25) is 0 Å². The van der Waals surface area contributed by atoms with Gasteiger partial charge in [0.2, 0.25) is 0 Å². The number of carbonyl (C=O) groups excluding carboxylic acids is 1. The van der Waals surface area contributed by atoms with Crippen molar-refractivity contribution >= 4 is 17.2 Å². The summed E-state index contributed by atoms with van der Waals surface area (Å²) in [5, 5.41) is 13.8. The summed E-state index contributed by atoms with van der Waals surface area (Å²) in [4.78, 5) is 20.6. The summed E-state index contributed by atoms with van der Waals surface area (Å²) in [5.41, 5.74) is -0.365. The Morgan fingerprint density at radius 3 is 2.81 bits per heavy atom. The number of amides is 1. The van der Waals surface area contributed by atoms with Crippen LogP contribution in [0, 0.1) is 18.2 Å². The van der Waals surface area contributed by atoms with E-state index in [1.54, 1.807) is 17.0 Å². The highest BCUT2D eigenvalue weighted by Crippen LogP contribution is 2.34. The fraction of sp³-hybridized carbons (Fsp3) is 0.400. The number of aromatic nitrogens is 1. The molecule has 7 heteroatoms. The number of hydrogen-bond acceptors (Lipinski definition) is 5. The number of piperidine rings is 1. The maximum absolute atomic E-state index is 13.9. The van der Waals surface area contributed by atoms with Crippen LogP contribution in [0.3, 0.4) is 0 Å². The molecule has 0 unspecified atom stereocenters. The van der Waals surface area contributed by atoms with Gasteiger partial charge in [-0.1, -0.05) is 18.1 Å². The highest BCUT2D eigenvalue weighted by molar-refractivity contribution is 7.09. The largest absolute Gasteiger partial charge is 0.383 e. The quantitative estimate of drug-likeness (QED) is 0.801. The average molecular weight is 387 g/mol.